The molecule has 28 heavy (non-hydrogen) atoms. The fourth-order valence-electron chi connectivity index (χ4n) is 5.89. The van der Waals surface area contributed by atoms with Gasteiger partial charge in [0, 0.05) is 35.8 Å². The maximum absolute atomic E-state index is 13.5. The Balaban J connectivity index is 1.50. The Kier molecular flexibility index (Phi) is 4.23. The summed E-state index contributed by atoms with van der Waals surface area (Å²) in [5.41, 5.74) is 2.80. The standard InChI is InChI=1S/C23H28N4O/c1-15-13-25-18(14-24-15)22(28)27-19-12-23(2)20(9-6-10-21(23)27)26-17(19)11-16-7-4-3-5-8-16/h3-5,7-8,13-14,17,19-21,26H,6,9-12H2,1-2H3/t17-,19+,20-,21+,23-/m1/s1. The van der Waals surface area contributed by atoms with Crippen LogP contribution in [0.2, 0.25) is 0 Å². The van der Waals surface area contributed by atoms with Gasteiger partial charge in [-0.25, -0.2) is 4.98 Å². The van der Waals surface area contributed by atoms with Gasteiger partial charge in [0.1, 0.15) is 5.69 Å². The first kappa shape index (κ1) is 17.8. The molecule has 1 amide bonds. The highest BCUT2D eigenvalue weighted by Gasteiger charge is 2.61. The van der Waals surface area contributed by atoms with Crippen molar-refractivity contribution in [3.63, 3.8) is 0 Å². The number of carbonyl (C=O) groups excluding carboxylic acids is 1. The second kappa shape index (κ2) is 6.66. The molecule has 1 N–H and O–H groups in total. The Bertz CT molecular complexity index is 868. The molecule has 2 bridgehead atoms. The van der Waals surface area contributed by atoms with E-state index in [9.17, 15) is 4.79 Å². The first-order chi connectivity index (χ1) is 13.6. The van der Waals surface area contributed by atoms with Gasteiger partial charge in [-0.05, 0) is 44.6 Å². The largest absolute Gasteiger partial charge is 0.329 e. The Morgan fingerprint density at radius 2 is 2.04 bits per heavy atom. The predicted octanol–water partition coefficient (Wildman–Crippen LogP) is 3.14. The van der Waals surface area contributed by atoms with Crippen molar-refractivity contribution in [3.05, 3.63) is 59.7 Å². The number of aryl methyl sites for hydroxylation is 1. The van der Waals surface area contributed by atoms with Crippen molar-refractivity contribution >= 4 is 5.91 Å². The third-order valence-corrected chi connectivity index (χ3v) is 7.28. The Labute approximate surface area is 166 Å². The molecule has 2 aliphatic heterocycles. The van der Waals surface area contributed by atoms with E-state index in [4.69, 9.17) is 0 Å². The minimum atomic E-state index is 0.0497. The molecule has 5 rings (SSSR count). The molecule has 3 fully saturated rings. The first-order valence-electron chi connectivity index (χ1n) is 10.5. The lowest BCUT2D eigenvalue weighted by Crippen LogP contribution is -2.58. The van der Waals surface area contributed by atoms with E-state index in [0.29, 0.717) is 17.8 Å². The van der Waals surface area contributed by atoms with Crippen LogP contribution in [0.15, 0.2) is 42.7 Å². The number of piperidine rings is 1. The van der Waals surface area contributed by atoms with Crippen LogP contribution in [0.25, 0.3) is 0 Å². The van der Waals surface area contributed by atoms with Gasteiger partial charge in [-0.2, -0.15) is 0 Å². The summed E-state index contributed by atoms with van der Waals surface area (Å²) in [5, 5.41) is 3.95. The van der Waals surface area contributed by atoms with Gasteiger partial charge in [-0.15, -0.1) is 0 Å². The summed E-state index contributed by atoms with van der Waals surface area (Å²) in [6, 6.07) is 11.9. The van der Waals surface area contributed by atoms with Crippen molar-refractivity contribution in [2.24, 2.45) is 5.41 Å². The van der Waals surface area contributed by atoms with Crippen LogP contribution in [-0.4, -0.2) is 44.9 Å². The minimum absolute atomic E-state index is 0.0497. The highest BCUT2D eigenvalue weighted by molar-refractivity contribution is 5.93. The zero-order chi connectivity index (χ0) is 19.3. The maximum Gasteiger partial charge on any atom is 0.274 e. The van der Waals surface area contributed by atoms with Crippen LogP contribution >= 0.6 is 0 Å². The van der Waals surface area contributed by atoms with Gasteiger partial charge in [-0.1, -0.05) is 37.3 Å². The predicted molar refractivity (Wildman–Crippen MR) is 108 cm³/mol. The van der Waals surface area contributed by atoms with E-state index in [-0.39, 0.29) is 23.4 Å². The number of amides is 1. The lowest BCUT2D eigenvalue weighted by molar-refractivity contribution is 0.0552. The monoisotopic (exact) mass is 376 g/mol. The molecule has 0 spiro atoms. The van der Waals surface area contributed by atoms with Crippen molar-refractivity contribution in [2.75, 3.05) is 0 Å². The molecule has 5 nitrogen and oxygen atoms in total. The molecule has 146 valence electrons. The van der Waals surface area contributed by atoms with Crippen LogP contribution in [0.1, 0.15) is 54.4 Å². The number of nitrogens with one attached hydrogen (secondary N) is 1. The summed E-state index contributed by atoms with van der Waals surface area (Å²) in [7, 11) is 0. The fraction of sp³-hybridized carbons (Fsp3) is 0.522. The van der Waals surface area contributed by atoms with Crippen LogP contribution in [-0.2, 0) is 6.42 Å². The van der Waals surface area contributed by atoms with Crippen molar-refractivity contribution in [1.82, 2.24) is 20.2 Å². The van der Waals surface area contributed by atoms with E-state index in [2.05, 4.69) is 57.4 Å². The number of nitrogens with zero attached hydrogens (tertiary/aromatic N) is 3. The zero-order valence-corrected chi connectivity index (χ0v) is 16.6. The van der Waals surface area contributed by atoms with Crippen LogP contribution in [0.3, 0.4) is 0 Å². The third-order valence-electron chi connectivity index (χ3n) is 7.28. The van der Waals surface area contributed by atoms with E-state index in [1.807, 2.05) is 6.92 Å². The highest BCUT2D eigenvalue weighted by Crippen LogP contribution is 2.53. The number of hydrogen-bond donors (Lipinski definition) is 1. The van der Waals surface area contributed by atoms with Gasteiger partial charge >= 0.3 is 0 Å². The van der Waals surface area contributed by atoms with Crippen LogP contribution < -0.4 is 5.32 Å². The quantitative estimate of drug-likeness (QED) is 0.894. The molecule has 1 aliphatic carbocycles. The molecule has 5 atom stereocenters. The number of benzene rings is 1. The number of hydrogen-bond acceptors (Lipinski definition) is 4. The van der Waals surface area contributed by atoms with Crippen molar-refractivity contribution < 1.29 is 4.79 Å². The lowest BCUT2D eigenvalue weighted by atomic mass is 9.65. The summed E-state index contributed by atoms with van der Waals surface area (Å²) >= 11 is 0. The molecular formula is C23H28N4O. The normalized spacial score (nSPS) is 33.7. The van der Waals surface area contributed by atoms with Gasteiger partial charge in [0.15, 0.2) is 0 Å². The molecule has 2 saturated heterocycles. The van der Waals surface area contributed by atoms with Gasteiger partial charge in [0.25, 0.3) is 5.91 Å². The molecule has 5 heteroatoms. The SMILES string of the molecule is Cc1cnc(C(=O)N2[C@H]3CCC[C@H]4N[C@H](Cc5ccccc5)[C@@H]2C[C@@]34C)cn1. The molecule has 2 aromatic rings. The summed E-state index contributed by atoms with van der Waals surface area (Å²) in [6.07, 6.45) is 8.84. The van der Waals surface area contributed by atoms with Gasteiger partial charge in [0.05, 0.1) is 11.9 Å². The van der Waals surface area contributed by atoms with Crippen LogP contribution in [0.4, 0.5) is 0 Å². The fourth-order valence-corrected chi connectivity index (χ4v) is 5.89. The first-order valence-corrected chi connectivity index (χ1v) is 10.5. The summed E-state index contributed by atoms with van der Waals surface area (Å²) < 4.78 is 0. The topological polar surface area (TPSA) is 58.1 Å². The molecular weight excluding hydrogens is 348 g/mol. The van der Waals surface area contributed by atoms with E-state index in [0.717, 1.165) is 25.0 Å². The maximum atomic E-state index is 13.5. The Morgan fingerprint density at radius 3 is 2.79 bits per heavy atom. The molecule has 1 aromatic heterocycles. The van der Waals surface area contributed by atoms with Crippen molar-refractivity contribution in [2.45, 2.75) is 70.1 Å². The number of fused-ring (bicyclic) bond motifs is 1. The Hall–Kier alpha value is -2.27. The number of carbonyl (C=O) groups is 1. The van der Waals surface area contributed by atoms with Crippen molar-refractivity contribution in [3.8, 4) is 0 Å². The van der Waals surface area contributed by atoms with Gasteiger partial charge in [0.2, 0.25) is 0 Å². The highest BCUT2D eigenvalue weighted by atomic mass is 16.2. The summed E-state index contributed by atoms with van der Waals surface area (Å²) in [5.74, 6) is 0.0497. The second-order valence-corrected chi connectivity index (χ2v) is 8.99. The van der Waals surface area contributed by atoms with E-state index in [1.165, 1.54) is 18.4 Å². The van der Waals surface area contributed by atoms with Crippen LogP contribution in [0.5, 0.6) is 0 Å². The van der Waals surface area contributed by atoms with Gasteiger partial charge in [-0.3, -0.25) is 9.78 Å². The third kappa shape index (κ3) is 2.75. The lowest BCUT2D eigenvalue weighted by Gasteiger charge is -2.46. The molecule has 1 saturated carbocycles. The minimum Gasteiger partial charge on any atom is -0.329 e. The van der Waals surface area contributed by atoms with E-state index in [1.54, 1.807) is 12.4 Å². The number of likely N-dealkylation sites (tertiary alicyclic amines) is 1. The second-order valence-electron chi connectivity index (χ2n) is 8.99. The molecule has 3 aliphatic rings. The average Bonchev–Trinajstić information content (AvgIpc) is 3.01. The Morgan fingerprint density at radius 1 is 1.21 bits per heavy atom. The molecule has 0 unspecified atom stereocenters. The molecule has 0 radical (unpaired) electrons. The van der Waals surface area contributed by atoms with E-state index >= 15 is 0 Å². The number of rotatable bonds is 3. The zero-order valence-electron chi connectivity index (χ0n) is 16.6. The molecule has 3 heterocycles. The average molecular weight is 377 g/mol. The number of aromatic nitrogens is 2. The van der Waals surface area contributed by atoms with Gasteiger partial charge < -0.3 is 10.2 Å². The smallest absolute Gasteiger partial charge is 0.274 e. The summed E-state index contributed by atoms with van der Waals surface area (Å²) in [6.45, 7) is 4.28. The van der Waals surface area contributed by atoms with Crippen LogP contribution in [0, 0.1) is 12.3 Å². The van der Waals surface area contributed by atoms with Crippen molar-refractivity contribution in [1.29, 1.82) is 0 Å². The molecule has 1 aromatic carbocycles. The van der Waals surface area contributed by atoms with E-state index < -0.39 is 0 Å². The summed E-state index contributed by atoms with van der Waals surface area (Å²) in [4.78, 5) is 24.4.